The summed E-state index contributed by atoms with van der Waals surface area (Å²) in [6.07, 6.45) is 2.81. The number of aldehydes is 1. The van der Waals surface area contributed by atoms with Gasteiger partial charge in [-0.1, -0.05) is 25.5 Å². The highest BCUT2D eigenvalue weighted by Gasteiger charge is 2.09. The van der Waals surface area contributed by atoms with E-state index in [1.807, 2.05) is 24.3 Å². The molecule has 0 aliphatic carbocycles. The summed E-state index contributed by atoms with van der Waals surface area (Å²) in [4.78, 5) is 10.6. The van der Waals surface area contributed by atoms with E-state index in [4.69, 9.17) is 9.15 Å². The van der Waals surface area contributed by atoms with E-state index in [1.54, 1.807) is 12.1 Å². The van der Waals surface area contributed by atoms with Crippen LogP contribution in [0.2, 0.25) is 0 Å². The lowest BCUT2D eigenvalue weighted by atomic mass is 10.1. The third-order valence-corrected chi connectivity index (χ3v) is 2.65. The average molecular weight is 244 g/mol. The Morgan fingerprint density at radius 3 is 2.78 bits per heavy atom. The molecule has 2 aromatic rings. The van der Waals surface area contributed by atoms with E-state index in [2.05, 4.69) is 6.92 Å². The maximum Gasteiger partial charge on any atom is 0.185 e. The van der Waals surface area contributed by atoms with Gasteiger partial charge in [0.25, 0.3) is 0 Å². The van der Waals surface area contributed by atoms with Crippen LogP contribution in [0.15, 0.2) is 40.8 Å². The summed E-state index contributed by atoms with van der Waals surface area (Å²) < 4.78 is 11.1. The minimum atomic E-state index is 0.327. The molecule has 0 unspecified atom stereocenters. The SMILES string of the molecule is CCCCOc1ccccc1-c1ccc(C=O)o1. The molecule has 3 nitrogen and oxygen atoms in total. The summed E-state index contributed by atoms with van der Waals surface area (Å²) >= 11 is 0. The number of carbonyl (C=O) groups is 1. The van der Waals surface area contributed by atoms with Crippen molar-refractivity contribution >= 4 is 6.29 Å². The summed E-state index contributed by atoms with van der Waals surface area (Å²) in [7, 11) is 0. The molecule has 1 heterocycles. The zero-order chi connectivity index (χ0) is 12.8. The first-order valence-electron chi connectivity index (χ1n) is 6.12. The summed E-state index contributed by atoms with van der Waals surface area (Å²) in [6.45, 7) is 2.81. The molecule has 0 N–H and O–H groups in total. The van der Waals surface area contributed by atoms with Gasteiger partial charge in [0, 0.05) is 0 Å². The number of benzene rings is 1. The molecule has 0 aliphatic rings. The monoisotopic (exact) mass is 244 g/mol. The minimum Gasteiger partial charge on any atom is -0.493 e. The van der Waals surface area contributed by atoms with Crippen LogP contribution < -0.4 is 4.74 Å². The van der Waals surface area contributed by atoms with Crippen molar-refractivity contribution < 1.29 is 13.9 Å². The van der Waals surface area contributed by atoms with E-state index in [1.165, 1.54) is 0 Å². The molecule has 1 aromatic carbocycles. The van der Waals surface area contributed by atoms with Crippen LogP contribution >= 0.6 is 0 Å². The van der Waals surface area contributed by atoms with Crippen LogP contribution in [-0.2, 0) is 0 Å². The molecule has 3 heteroatoms. The van der Waals surface area contributed by atoms with E-state index >= 15 is 0 Å². The smallest absolute Gasteiger partial charge is 0.185 e. The van der Waals surface area contributed by atoms with Crippen molar-refractivity contribution in [1.29, 1.82) is 0 Å². The second-order valence-corrected chi connectivity index (χ2v) is 4.02. The molecule has 0 spiro atoms. The van der Waals surface area contributed by atoms with Gasteiger partial charge < -0.3 is 9.15 Å². The van der Waals surface area contributed by atoms with Gasteiger partial charge in [0.15, 0.2) is 12.0 Å². The Morgan fingerprint density at radius 1 is 1.22 bits per heavy atom. The molecule has 1 aromatic heterocycles. The molecular formula is C15H16O3. The van der Waals surface area contributed by atoms with Gasteiger partial charge in [-0.2, -0.15) is 0 Å². The van der Waals surface area contributed by atoms with Crippen molar-refractivity contribution in [3.8, 4) is 17.1 Å². The van der Waals surface area contributed by atoms with Gasteiger partial charge in [0.05, 0.1) is 12.2 Å². The zero-order valence-corrected chi connectivity index (χ0v) is 10.4. The molecule has 2 rings (SSSR count). The number of carbonyl (C=O) groups excluding carboxylic acids is 1. The maximum absolute atomic E-state index is 10.6. The zero-order valence-electron chi connectivity index (χ0n) is 10.4. The van der Waals surface area contributed by atoms with Gasteiger partial charge in [-0.3, -0.25) is 4.79 Å². The normalized spacial score (nSPS) is 10.3. The van der Waals surface area contributed by atoms with Crippen LogP contribution in [0.5, 0.6) is 5.75 Å². The average Bonchev–Trinajstić information content (AvgIpc) is 2.88. The summed E-state index contributed by atoms with van der Waals surface area (Å²) in [6, 6.07) is 11.1. The Morgan fingerprint density at radius 2 is 2.06 bits per heavy atom. The number of rotatable bonds is 6. The van der Waals surface area contributed by atoms with Crippen molar-refractivity contribution in [1.82, 2.24) is 0 Å². The van der Waals surface area contributed by atoms with Crippen molar-refractivity contribution in [2.45, 2.75) is 19.8 Å². The van der Waals surface area contributed by atoms with Crippen LogP contribution in [0.25, 0.3) is 11.3 Å². The van der Waals surface area contributed by atoms with E-state index in [0.717, 1.165) is 24.2 Å². The molecule has 0 aliphatic heterocycles. The molecule has 0 saturated heterocycles. The van der Waals surface area contributed by atoms with E-state index in [9.17, 15) is 4.79 Å². The number of hydrogen-bond donors (Lipinski definition) is 0. The van der Waals surface area contributed by atoms with Crippen LogP contribution in [0.4, 0.5) is 0 Å². The second-order valence-electron chi connectivity index (χ2n) is 4.02. The van der Waals surface area contributed by atoms with Gasteiger partial charge in [0.1, 0.15) is 11.5 Å². The first-order chi connectivity index (χ1) is 8.85. The highest BCUT2D eigenvalue weighted by Crippen LogP contribution is 2.31. The standard InChI is InChI=1S/C15H16O3/c1-2-3-10-17-14-7-5-4-6-13(14)15-9-8-12(11-16)18-15/h4-9,11H,2-3,10H2,1H3. The van der Waals surface area contributed by atoms with Crippen molar-refractivity contribution in [2.24, 2.45) is 0 Å². The highest BCUT2D eigenvalue weighted by atomic mass is 16.5. The fourth-order valence-corrected chi connectivity index (χ4v) is 1.68. The van der Waals surface area contributed by atoms with E-state index < -0.39 is 0 Å². The molecule has 0 amide bonds. The summed E-state index contributed by atoms with van der Waals surface area (Å²) in [5.74, 6) is 1.77. The highest BCUT2D eigenvalue weighted by molar-refractivity contribution is 5.74. The maximum atomic E-state index is 10.6. The Labute approximate surface area is 106 Å². The predicted octanol–water partition coefficient (Wildman–Crippen LogP) is 3.94. The summed E-state index contributed by atoms with van der Waals surface area (Å²) in [5, 5.41) is 0. The Hall–Kier alpha value is -2.03. The fourth-order valence-electron chi connectivity index (χ4n) is 1.68. The molecule has 94 valence electrons. The molecule has 0 bridgehead atoms. The Balaban J connectivity index is 2.23. The molecule has 0 fully saturated rings. The first kappa shape index (κ1) is 12.4. The number of para-hydroxylation sites is 1. The van der Waals surface area contributed by atoms with Crippen LogP contribution in [0.3, 0.4) is 0 Å². The minimum absolute atomic E-state index is 0.327. The lowest BCUT2D eigenvalue weighted by Gasteiger charge is -2.09. The molecular weight excluding hydrogens is 228 g/mol. The van der Waals surface area contributed by atoms with Gasteiger partial charge in [0.2, 0.25) is 0 Å². The quantitative estimate of drug-likeness (QED) is 0.570. The van der Waals surface area contributed by atoms with Crippen molar-refractivity contribution in [2.75, 3.05) is 6.61 Å². The third-order valence-electron chi connectivity index (χ3n) is 2.65. The second kappa shape index (κ2) is 6.05. The van der Waals surface area contributed by atoms with Crippen molar-refractivity contribution in [3.05, 3.63) is 42.2 Å². The predicted molar refractivity (Wildman–Crippen MR) is 69.9 cm³/mol. The van der Waals surface area contributed by atoms with Crippen LogP contribution in [0.1, 0.15) is 30.3 Å². The number of ether oxygens (including phenoxy) is 1. The Kier molecular flexibility index (Phi) is 4.18. The van der Waals surface area contributed by atoms with Gasteiger partial charge in [-0.15, -0.1) is 0 Å². The topological polar surface area (TPSA) is 39.4 Å². The van der Waals surface area contributed by atoms with Crippen molar-refractivity contribution in [3.63, 3.8) is 0 Å². The largest absolute Gasteiger partial charge is 0.493 e. The molecule has 18 heavy (non-hydrogen) atoms. The van der Waals surface area contributed by atoms with E-state index in [-0.39, 0.29) is 0 Å². The number of unbranched alkanes of at least 4 members (excludes halogenated alkanes) is 1. The summed E-state index contributed by atoms with van der Waals surface area (Å²) in [5.41, 5.74) is 0.877. The molecule has 0 saturated carbocycles. The van der Waals surface area contributed by atoms with E-state index in [0.29, 0.717) is 24.4 Å². The number of hydrogen-bond acceptors (Lipinski definition) is 3. The van der Waals surface area contributed by atoms with Crippen LogP contribution in [-0.4, -0.2) is 12.9 Å². The lowest BCUT2D eigenvalue weighted by Crippen LogP contribution is -1.97. The molecule has 0 atom stereocenters. The van der Waals surface area contributed by atoms with Gasteiger partial charge in [-0.05, 0) is 30.7 Å². The van der Waals surface area contributed by atoms with Crippen LogP contribution in [0, 0.1) is 0 Å². The number of furan rings is 1. The third kappa shape index (κ3) is 2.80. The van der Waals surface area contributed by atoms with Gasteiger partial charge in [-0.25, -0.2) is 0 Å². The molecule has 0 radical (unpaired) electrons. The lowest BCUT2D eigenvalue weighted by molar-refractivity contribution is 0.110. The van der Waals surface area contributed by atoms with Gasteiger partial charge >= 0.3 is 0 Å². The first-order valence-corrected chi connectivity index (χ1v) is 6.12. The fraction of sp³-hybridized carbons (Fsp3) is 0.267. The Bertz CT molecular complexity index is 514.